The van der Waals surface area contributed by atoms with Gasteiger partial charge >= 0.3 is 0 Å². The lowest BCUT2D eigenvalue weighted by Gasteiger charge is -2.33. The number of hydrogen-bond acceptors (Lipinski definition) is 4. The summed E-state index contributed by atoms with van der Waals surface area (Å²) in [5, 5.41) is 3.21. The molecule has 1 saturated heterocycles. The molecule has 0 aliphatic carbocycles. The number of anilines is 1. The van der Waals surface area contributed by atoms with Crippen molar-refractivity contribution in [2.24, 2.45) is 0 Å². The minimum absolute atomic E-state index is 0.0695. The molecule has 2 rings (SSSR count). The van der Waals surface area contributed by atoms with Crippen LogP contribution < -0.4 is 5.32 Å². The quantitative estimate of drug-likeness (QED) is 0.702. The van der Waals surface area contributed by atoms with E-state index in [9.17, 15) is 13.2 Å². The number of sulfonamides is 1. The number of carbonyl (C=O) groups excluding carboxylic acids is 1. The van der Waals surface area contributed by atoms with Crippen molar-refractivity contribution in [3.63, 3.8) is 0 Å². The van der Waals surface area contributed by atoms with Gasteiger partial charge in [-0.05, 0) is 13.0 Å². The van der Waals surface area contributed by atoms with Gasteiger partial charge in [-0.1, -0.05) is 46.4 Å². The number of amides is 1. The van der Waals surface area contributed by atoms with Gasteiger partial charge in [-0.2, -0.15) is 4.31 Å². The second-order valence-corrected chi connectivity index (χ2v) is 9.30. The first-order valence-corrected chi connectivity index (χ1v) is 10.6. The molecule has 1 N–H and O–H groups in total. The number of nitrogens with zero attached hydrogens (tertiary/aromatic N) is 2. The largest absolute Gasteiger partial charge is 0.322 e. The Balaban J connectivity index is 1.97. The third kappa shape index (κ3) is 5.13. The molecule has 0 saturated carbocycles. The summed E-state index contributed by atoms with van der Waals surface area (Å²) in [5.41, 5.74) is 0.165. The molecule has 0 radical (unpaired) electrons. The predicted octanol–water partition coefficient (Wildman–Crippen LogP) is 3.21. The summed E-state index contributed by atoms with van der Waals surface area (Å²) in [6, 6.07) is 1.40. The van der Waals surface area contributed by atoms with Crippen LogP contribution in [0.25, 0.3) is 0 Å². The van der Waals surface area contributed by atoms with Crippen LogP contribution in [-0.2, 0) is 14.8 Å². The Kier molecular flexibility index (Phi) is 7.24. The Morgan fingerprint density at radius 1 is 1.08 bits per heavy atom. The predicted molar refractivity (Wildman–Crippen MR) is 103 cm³/mol. The number of carbonyl (C=O) groups is 1. The Morgan fingerprint density at radius 2 is 1.60 bits per heavy atom. The highest BCUT2D eigenvalue weighted by Gasteiger charge is 2.26. The molecule has 0 unspecified atom stereocenters. The van der Waals surface area contributed by atoms with E-state index in [0.717, 1.165) is 0 Å². The van der Waals surface area contributed by atoms with Crippen LogP contribution in [0.4, 0.5) is 5.69 Å². The van der Waals surface area contributed by atoms with Crippen LogP contribution in [0.15, 0.2) is 6.07 Å². The maximum Gasteiger partial charge on any atom is 0.238 e. The lowest BCUT2D eigenvalue weighted by molar-refractivity contribution is -0.117. The molecule has 1 aromatic rings. The molecule has 0 bridgehead atoms. The number of halogens is 4. The Hall–Kier alpha value is -0.280. The van der Waals surface area contributed by atoms with Crippen LogP contribution in [0.5, 0.6) is 0 Å². The molecule has 0 spiro atoms. The lowest BCUT2D eigenvalue weighted by atomic mass is 10.3. The van der Waals surface area contributed by atoms with Gasteiger partial charge < -0.3 is 5.32 Å². The molecule has 140 valence electrons. The molecule has 1 aliphatic heterocycles. The first-order chi connectivity index (χ1) is 11.7. The monoisotopic (exact) mass is 447 g/mol. The van der Waals surface area contributed by atoms with Crippen molar-refractivity contribution in [1.82, 2.24) is 9.21 Å². The summed E-state index contributed by atoms with van der Waals surface area (Å²) in [6.45, 7) is 3.33. The molecule has 25 heavy (non-hydrogen) atoms. The third-order valence-electron chi connectivity index (χ3n) is 3.83. The van der Waals surface area contributed by atoms with Crippen molar-refractivity contribution in [3.05, 3.63) is 26.2 Å². The van der Waals surface area contributed by atoms with Crippen molar-refractivity contribution >= 4 is 68.0 Å². The Labute approximate surface area is 167 Å². The van der Waals surface area contributed by atoms with Gasteiger partial charge in [0.2, 0.25) is 15.9 Å². The zero-order valence-corrected chi connectivity index (χ0v) is 17.2. The number of nitrogens with one attached hydrogen (secondary N) is 1. The van der Waals surface area contributed by atoms with E-state index in [2.05, 4.69) is 5.32 Å². The molecule has 1 heterocycles. The molecule has 6 nitrogen and oxygen atoms in total. The van der Waals surface area contributed by atoms with Gasteiger partial charge in [-0.3, -0.25) is 9.69 Å². The van der Waals surface area contributed by atoms with E-state index in [1.54, 1.807) is 6.92 Å². The summed E-state index contributed by atoms with van der Waals surface area (Å²) in [6.07, 6.45) is 0. The number of rotatable bonds is 5. The highest BCUT2D eigenvalue weighted by molar-refractivity contribution is 7.89. The Bertz CT molecular complexity index is 739. The fourth-order valence-corrected chi connectivity index (χ4v) is 4.40. The minimum Gasteiger partial charge on any atom is -0.322 e. The minimum atomic E-state index is -3.20. The standard InChI is InChI=1S/C14H17Cl4N3O3S/c1-2-25(23,24)21-5-3-20(4-6-21)8-11(22)19-14-12(17)9(15)7-10(16)13(14)18/h7H,2-6,8H2,1H3,(H,19,22). The first-order valence-electron chi connectivity index (χ1n) is 7.48. The fraction of sp³-hybridized carbons (Fsp3) is 0.500. The fourth-order valence-electron chi connectivity index (χ4n) is 2.41. The van der Waals surface area contributed by atoms with Gasteiger partial charge in [0.1, 0.15) is 0 Å². The molecule has 1 fully saturated rings. The van der Waals surface area contributed by atoms with Crippen LogP contribution in [0.2, 0.25) is 20.1 Å². The van der Waals surface area contributed by atoms with E-state index in [1.807, 2.05) is 4.90 Å². The molecular formula is C14H17Cl4N3O3S. The molecule has 0 atom stereocenters. The van der Waals surface area contributed by atoms with Crippen molar-refractivity contribution in [2.45, 2.75) is 6.92 Å². The van der Waals surface area contributed by atoms with Crippen molar-refractivity contribution in [2.75, 3.05) is 43.8 Å². The normalized spacial score (nSPS) is 16.8. The van der Waals surface area contributed by atoms with Crippen LogP contribution in [0.3, 0.4) is 0 Å². The molecule has 11 heteroatoms. The van der Waals surface area contributed by atoms with E-state index >= 15 is 0 Å². The summed E-state index contributed by atoms with van der Waals surface area (Å²) >= 11 is 24.0. The molecule has 1 aromatic carbocycles. The second-order valence-electron chi connectivity index (χ2n) is 5.47. The average Bonchev–Trinajstić information content (AvgIpc) is 2.57. The maximum absolute atomic E-state index is 12.3. The molecular weight excluding hydrogens is 432 g/mol. The smallest absolute Gasteiger partial charge is 0.238 e. The summed E-state index contributed by atoms with van der Waals surface area (Å²) in [7, 11) is -3.20. The zero-order valence-electron chi connectivity index (χ0n) is 13.4. The van der Waals surface area contributed by atoms with E-state index in [4.69, 9.17) is 46.4 Å². The number of benzene rings is 1. The number of hydrogen-bond donors (Lipinski definition) is 1. The van der Waals surface area contributed by atoms with Crippen LogP contribution in [-0.4, -0.2) is 62.0 Å². The highest BCUT2D eigenvalue weighted by atomic mass is 35.5. The molecule has 0 aromatic heterocycles. The average molecular weight is 449 g/mol. The topological polar surface area (TPSA) is 69.7 Å². The third-order valence-corrected chi connectivity index (χ3v) is 7.29. The first kappa shape index (κ1) is 21.0. The van der Waals surface area contributed by atoms with E-state index in [1.165, 1.54) is 10.4 Å². The lowest BCUT2D eigenvalue weighted by Crippen LogP contribution is -2.50. The summed E-state index contributed by atoms with van der Waals surface area (Å²) in [4.78, 5) is 14.1. The van der Waals surface area contributed by atoms with Gasteiger partial charge in [0.15, 0.2) is 0 Å². The van der Waals surface area contributed by atoms with Crippen molar-refractivity contribution in [1.29, 1.82) is 0 Å². The van der Waals surface area contributed by atoms with Gasteiger partial charge in [0, 0.05) is 26.2 Å². The molecule has 1 aliphatic rings. The summed E-state index contributed by atoms with van der Waals surface area (Å²) in [5.74, 6) is -0.269. The second kappa shape index (κ2) is 8.61. The van der Waals surface area contributed by atoms with E-state index in [0.29, 0.717) is 26.2 Å². The number of piperazine rings is 1. The van der Waals surface area contributed by atoms with Crippen LogP contribution >= 0.6 is 46.4 Å². The zero-order chi connectivity index (χ0) is 18.8. The van der Waals surface area contributed by atoms with E-state index in [-0.39, 0.29) is 44.0 Å². The highest BCUT2D eigenvalue weighted by Crippen LogP contribution is 2.40. The SMILES string of the molecule is CCS(=O)(=O)N1CCN(CC(=O)Nc2c(Cl)c(Cl)cc(Cl)c2Cl)CC1. The van der Waals surface area contributed by atoms with Crippen LogP contribution in [0.1, 0.15) is 6.92 Å². The maximum atomic E-state index is 12.3. The van der Waals surface area contributed by atoms with Gasteiger partial charge in [-0.15, -0.1) is 0 Å². The summed E-state index contributed by atoms with van der Waals surface area (Å²) < 4.78 is 25.1. The van der Waals surface area contributed by atoms with E-state index < -0.39 is 10.0 Å². The van der Waals surface area contributed by atoms with Gasteiger partial charge in [-0.25, -0.2) is 8.42 Å². The van der Waals surface area contributed by atoms with Crippen molar-refractivity contribution in [3.8, 4) is 0 Å². The van der Waals surface area contributed by atoms with Gasteiger partial charge in [0.05, 0.1) is 38.1 Å². The van der Waals surface area contributed by atoms with Crippen LogP contribution in [0, 0.1) is 0 Å². The Morgan fingerprint density at radius 3 is 2.08 bits per heavy atom. The molecule has 1 amide bonds. The van der Waals surface area contributed by atoms with Gasteiger partial charge in [0.25, 0.3) is 0 Å². The van der Waals surface area contributed by atoms with Crippen molar-refractivity contribution < 1.29 is 13.2 Å².